The topological polar surface area (TPSA) is 29.3 Å². The van der Waals surface area contributed by atoms with Gasteiger partial charge >= 0.3 is 0 Å². The second-order valence-corrected chi connectivity index (χ2v) is 3.97. The lowest BCUT2D eigenvalue weighted by Crippen LogP contribution is -2.36. The van der Waals surface area contributed by atoms with Gasteiger partial charge in [-0.1, -0.05) is 12.2 Å². The lowest BCUT2D eigenvalue weighted by molar-refractivity contribution is 0.307. The Morgan fingerprint density at radius 3 is 2.36 bits per heavy atom. The Kier molecular flexibility index (Phi) is 2.68. The zero-order chi connectivity index (χ0) is 8.32. The summed E-state index contributed by atoms with van der Waals surface area (Å²) in [4.78, 5) is 2.40. The SMILES string of the molecule is CC(C)(N)CCN1CC=CC1. The van der Waals surface area contributed by atoms with E-state index in [1.54, 1.807) is 0 Å². The zero-order valence-electron chi connectivity index (χ0n) is 7.51. The minimum atomic E-state index is -0.0113. The van der Waals surface area contributed by atoms with Crippen molar-refractivity contribution < 1.29 is 0 Å². The Morgan fingerprint density at radius 1 is 1.36 bits per heavy atom. The van der Waals surface area contributed by atoms with Gasteiger partial charge in [-0.25, -0.2) is 0 Å². The molecule has 0 spiro atoms. The van der Waals surface area contributed by atoms with Crippen molar-refractivity contribution in [3.05, 3.63) is 12.2 Å². The van der Waals surface area contributed by atoms with E-state index >= 15 is 0 Å². The molecule has 0 aromatic carbocycles. The van der Waals surface area contributed by atoms with Crippen LogP contribution in [0.25, 0.3) is 0 Å². The minimum absolute atomic E-state index is 0.0113. The molecule has 0 saturated carbocycles. The summed E-state index contributed by atoms with van der Waals surface area (Å²) < 4.78 is 0. The molecule has 11 heavy (non-hydrogen) atoms. The maximum Gasteiger partial charge on any atom is 0.0166 e. The lowest BCUT2D eigenvalue weighted by atomic mass is 10.0. The van der Waals surface area contributed by atoms with Crippen molar-refractivity contribution >= 4 is 0 Å². The highest BCUT2D eigenvalue weighted by atomic mass is 15.1. The van der Waals surface area contributed by atoms with Crippen molar-refractivity contribution in [1.82, 2.24) is 4.90 Å². The standard InChI is InChI=1S/C9H18N2/c1-9(2,10)5-8-11-6-3-4-7-11/h3-4H,5-8,10H2,1-2H3. The van der Waals surface area contributed by atoms with E-state index in [4.69, 9.17) is 5.73 Å². The van der Waals surface area contributed by atoms with Gasteiger partial charge in [-0.3, -0.25) is 4.90 Å². The van der Waals surface area contributed by atoms with E-state index in [0.29, 0.717) is 0 Å². The van der Waals surface area contributed by atoms with Gasteiger partial charge < -0.3 is 5.73 Å². The van der Waals surface area contributed by atoms with E-state index in [1.807, 2.05) is 0 Å². The van der Waals surface area contributed by atoms with Crippen LogP contribution in [-0.4, -0.2) is 30.1 Å². The molecule has 2 heteroatoms. The van der Waals surface area contributed by atoms with E-state index < -0.39 is 0 Å². The van der Waals surface area contributed by atoms with Crippen molar-refractivity contribution in [1.29, 1.82) is 0 Å². The van der Waals surface area contributed by atoms with Gasteiger partial charge in [0, 0.05) is 25.2 Å². The molecule has 2 nitrogen and oxygen atoms in total. The highest BCUT2D eigenvalue weighted by Crippen LogP contribution is 2.07. The van der Waals surface area contributed by atoms with E-state index in [0.717, 1.165) is 26.1 Å². The molecule has 0 amide bonds. The number of nitrogens with two attached hydrogens (primary N) is 1. The first-order valence-electron chi connectivity index (χ1n) is 4.24. The summed E-state index contributed by atoms with van der Waals surface area (Å²) in [7, 11) is 0. The molecule has 1 rings (SSSR count). The maximum atomic E-state index is 5.87. The molecular weight excluding hydrogens is 136 g/mol. The molecule has 0 fully saturated rings. The minimum Gasteiger partial charge on any atom is -0.326 e. The Bertz CT molecular complexity index is 136. The Hall–Kier alpha value is -0.340. The highest BCUT2D eigenvalue weighted by molar-refractivity contribution is 4.95. The second-order valence-electron chi connectivity index (χ2n) is 3.97. The molecule has 1 heterocycles. The van der Waals surface area contributed by atoms with Crippen LogP contribution < -0.4 is 5.73 Å². The Morgan fingerprint density at radius 2 is 1.91 bits per heavy atom. The summed E-state index contributed by atoms with van der Waals surface area (Å²) in [6.45, 7) is 7.50. The summed E-state index contributed by atoms with van der Waals surface area (Å²) in [6, 6.07) is 0. The number of nitrogens with zero attached hydrogens (tertiary/aromatic N) is 1. The molecule has 1 aliphatic rings. The van der Waals surface area contributed by atoms with Gasteiger partial charge in [0.2, 0.25) is 0 Å². The summed E-state index contributed by atoms with van der Waals surface area (Å²) in [5.41, 5.74) is 5.86. The van der Waals surface area contributed by atoms with Crippen molar-refractivity contribution in [3.63, 3.8) is 0 Å². The number of hydrogen-bond acceptors (Lipinski definition) is 2. The first kappa shape index (κ1) is 8.75. The predicted octanol–water partition coefficient (Wildman–Crippen LogP) is 0.986. The third kappa shape index (κ3) is 3.54. The Labute approximate surface area is 69.1 Å². The normalized spacial score (nSPS) is 19.5. The first-order valence-corrected chi connectivity index (χ1v) is 4.24. The largest absolute Gasteiger partial charge is 0.326 e. The quantitative estimate of drug-likeness (QED) is 0.614. The lowest BCUT2D eigenvalue weighted by Gasteiger charge is -2.22. The van der Waals surface area contributed by atoms with Crippen molar-refractivity contribution in [3.8, 4) is 0 Å². The van der Waals surface area contributed by atoms with Crippen LogP contribution in [0.5, 0.6) is 0 Å². The first-order chi connectivity index (χ1) is 5.08. The third-order valence-electron chi connectivity index (χ3n) is 1.97. The molecule has 0 bridgehead atoms. The fourth-order valence-corrected chi connectivity index (χ4v) is 1.15. The highest BCUT2D eigenvalue weighted by Gasteiger charge is 2.13. The van der Waals surface area contributed by atoms with Gasteiger partial charge in [0.15, 0.2) is 0 Å². The van der Waals surface area contributed by atoms with Crippen LogP contribution in [0.4, 0.5) is 0 Å². The fourth-order valence-electron chi connectivity index (χ4n) is 1.15. The maximum absolute atomic E-state index is 5.87. The molecule has 0 aliphatic carbocycles. The molecule has 1 aliphatic heterocycles. The zero-order valence-corrected chi connectivity index (χ0v) is 7.51. The predicted molar refractivity (Wildman–Crippen MR) is 48.5 cm³/mol. The van der Waals surface area contributed by atoms with Crippen molar-refractivity contribution in [2.24, 2.45) is 5.73 Å². The van der Waals surface area contributed by atoms with Crippen LogP contribution in [0.2, 0.25) is 0 Å². The summed E-state index contributed by atoms with van der Waals surface area (Å²) in [6.07, 6.45) is 5.50. The summed E-state index contributed by atoms with van der Waals surface area (Å²) in [5.74, 6) is 0. The molecule has 0 saturated heterocycles. The van der Waals surface area contributed by atoms with E-state index in [2.05, 4.69) is 30.9 Å². The molecular formula is C9H18N2. The van der Waals surface area contributed by atoms with Gasteiger partial charge in [-0.15, -0.1) is 0 Å². The molecule has 0 aromatic heterocycles. The molecule has 0 unspecified atom stereocenters. The van der Waals surface area contributed by atoms with Gasteiger partial charge in [0.25, 0.3) is 0 Å². The van der Waals surface area contributed by atoms with Crippen molar-refractivity contribution in [2.75, 3.05) is 19.6 Å². The molecule has 2 N–H and O–H groups in total. The third-order valence-corrected chi connectivity index (χ3v) is 1.97. The van der Waals surface area contributed by atoms with Crippen molar-refractivity contribution in [2.45, 2.75) is 25.8 Å². The van der Waals surface area contributed by atoms with Gasteiger partial charge in [0.1, 0.15) is 0 Å². The average molecular weight is 154 g/mol. The van der Waals surface area contributed by atoms with Gasteiger partial charge in [0.05, 0.1) is 0 Å². The van der Waals surface area contributed by atoms with Gasteiger partial charge in [-0.05, 0) is 20.3 Å². The smallest absolute Gasteiger partial charge is 0.0166 e. The van der Waals surface area contributed by atoms with Crippen LogP contribution in [0, 0.1) is 0 Å². The number of hydrogen-bond donors (Lipinski definition) is 1. The van der Waals surface area contributed by atoms with Crippen LogP contribution in [-0.2, 0) is 0 Å². The van der Waals surface area contributed by atoms with Crippen LogP contribution >= 0.6 is 0 Å². The Balaban J connectivity index is 2.13. The fraction of sp³-hybridized carbons (Fsp3) is 0.778. The average Bonchev–Trinajstić information content (AvgIpc) is 2.32. The van der Waals surface area contributed by atoms with E-state index in [-0.39, 0.29) is 5.54 Å². The summed E-state index contributed by atoms with van der Waals surface area (Å²) in [5, 5.41) is 0. The summed E-state index contributed by atoms with van der Waals surface area (Å²) >= 11 is 0. The number of rotatable bonds is 3. The molecule has 64 valence electrons. The van der Waals surface area contributed by atoms with Crippen LogP contribution in [0.1, 0.15) is 20.3 Å². The van der Waals surface area contributed by atoms with E-state index in [9.17, 15) is 0 Å². The molecule has 0 radical (unpaired) electrons. The molecule has 0 atom stereocenters. The van der Waals surface area contributed by atoms with Crippen LogP contribution in [0.3, 0.4) is 0 Å². The second kappa shape index (κ2) is 3.37. The van der Waals surface area contributed by atoms with Gasteiger partial charge in [-0.2, -0.15) is 0 Å². The van der Waals surface area contributed by atoms with Crippen LogP contribution in [0.15, 0.2) is 12.2 Å². The van der Waals surface area contributed by atoms with E-state index in [1.165, 1.54) is 0 Å². The molecule has 0 aromatic rings. The monoisotopic (exact) mass is 154 g/mol.